The van der Waals surface area contributed by atoms with Gasteiger partial charge in [-0.2, -0.15) is 0 Å². The second kappa shape index (κ2) is 7.95. The monoisotopic (exact) mass is 396 g/mol. The molecule has 2 nitrogen and oxygen atoms in total. The molecule has 0 saturated carbocycles. The van der Waals surface area contributed by atoms with Gasteiger partial charge in [-0.3, -0.25) is 4.79 Å². The Morgan fingerprint density at radius 3 is 2.17 bits per heavy atom. The molecule has 4 rings (SSSR count). The van der Waals surface area contributed by atoms with E-state index in [2.05, 4.69) is 81.4 Å². The number of hydrogen-bond acceptors (Lipinski definition) is 2. The first-order valence-corrected chi connectivity index (χ1v) is 10.5. The molecule has 0 N–H and O–H groups in total. The van der Waals surface area contributed by atoms with Crippen molar-refractivity contribution in [1.82, 2.24) is 0 Å². The average molecular weight is 397 g/mol. The number of carbonyl (C=O) groups is 1. The molecular formula is C28H28O2. The van der Waals surface area contributed by atoms with Crippen LogP contribution in [0.3, 0.4) is 0 Å². The minimum atomic E-state index is -0.223. The summed E-state index contributed by atoms with van der Waals surface area (Å²) in [6.07, 6.45) is 1.95. The molecule has 152 valence electrons. The van der Waals surface area contributed by atoms with E-state index >= 15 is 0 Å². The maximum atomic E-state index is 11.7. The van der Waals surface area contributed by atoms with Crippen LogP contribution in [0.4, 0.5) is 0 Å². The molecular weight excluding hydrogens is 368 g/mol. The lowest BCUT2D eigenvalue weighted by atomic mass is 9.79. The molecule has 0 heterocycles. The van der Waals surface area contributed by atoms with Crippen molar-refractivity contribution in [2.75, 3.05) is 0 Å². The van der Waals surface area contributed by atoms with Crippen molar-refractivity contribution in [2.24, 2.45) is 0 Å². The molecule has 0 aliphatic heterocycles. The Hall–Kier alpha value is -3.13. The fraction of sp³-hybridized carbons (Fsp3) is 0.250. The predicted octanol–water partition coefficient (Wildman–Crippen LogP) is 6.97. The van der Waals surface area contributed by atoms with Crippen LogP contribution in [-0.4, -0.2) is 11.4 Å². The molecule has 0 fully saturated rings. The lowest BCUT2D eigenvalue weighted by Crippen LogP contribution is -2.23. The number of hydrogen-bond donors (Lipinski definition) is 0. The van der Waals surface area contributed by atoms with Crippen LogP contribution in [0.1, 0.15) is 66.7 Å². The van der Waals surface area contributed by atoms with Crippen molar-refractivity contribution in [3.8, 4) is 5.75 Å². The Morgan fingerprint density at radius 1 is 0.833 bits per heavy atom. The Morgan fingerprint density at radius 2 is 1.53 bits per heavy atom. The number of carbonyl (C=O) groups excluding carboxylic acids is 1. The Balaban J connectivity index is 1.86. The second-order valence-corrected chi connectivity index (χ2v) is 8.89. The zero-order valence-electron chi connectivity index (χ0n) is 18.2. The highest BCUT2D eigenvalue weighted by Crippen LogP contribution is 2.42. The average Bonchev–Trinajstić information content (AvgIpc) is 2.72. The molecule has 1 aliphatic carbocycles. The van der Waals surface area contributed by atoms with Crippen molar-refractivity contribution in [3.63, 3.8) is 0 Å². The zero-order chi connectivity index (χ0) is 21.3. The lowest BCUT2D eigenvalue weighted by molar-refractivity contribution is 0.101. The maximum absolute atomic E-state index is 11.7. The van der Waals surface area contributed by atoms with Gasteiger partial charge in [0.2, 0.25) is 0 Å². The van der Waals surface area contributed by atoms with Crippen LogP contribution >= 0.6 is 0 Å². The Labute approximate surface area is 179 Å². The number of aryl methyl sites for hydroxylation is 1. The highest BCUT2D eigenvalue weighted by atomic mass is 16.5. The van der Waals surface area contributed by atoms with Crippen LogP contribution in [0.25, 0.3) is 11.1 Å². The molecule has 0 radical (unpaired) electrons. The SMILES string of the molecule is CC(=O)c1ccc(C2=C(c3ccccc3)CCc3cc(OC(C)(C)C)ccc32)cc1. The van der Waals surface area contributed by atoms with Gasteiger partial charge < -0.3 is 4.74 Å². The van der Waals surface area contributed by atoms with Crippen molar-refractivity contribution in [2.45, 2.75) is 46.1 Å². The van der Waals surface area contributed by atoms with Crippen molar-refractivity contribution < 1.29 is 9.53 Å². The topological polar surface area (TPSA) is 26.3 Å². The molecule has 2 heteroatoms. The summed E-state index contributed by atoms with van der Waals surface area (Å²) in [5.41, 5.74) is 8.07. The van der Waals surface area contributed by atoms with E-state index in [9.17, 15) is 4.79 Å². The van der Waals surface area contributed by atoms with Crippen LogP contribution in [0, 0.1) is 0 Å². The number of Topliss-reactive ketones (excluding diaryl/α,β-unsaturated/α-hetero) is 1. The van der Waals surface area contributed by atoms with Gasteiger partial charge in [-0.25, -0.2) is 0 Å². The molecule has 0 unspecified atom stereocenters. The van der Waals surface area contributed by atoms with E-state index in [0.717, 1.165) is 29.7 Å². The third-order valence-corrected chi connectivity index (χ3v) is 5.42. The zero-order valence-corrected chi connectivity index (χ0v) is 18.2. The molecule has 1 aliphatic rings. The van der Waals surface area contributed by atoms with Crippen LogP contribution in [0.15, 0.2) is 72.8 Å². The Bertz CT molecular complexity index is 1100. The van der Waals surface area contributed by atoms with Crippen molar-refractivity contribution in [1.29, 1.82) is 0 Å². The summed E-state index contributed by atoms with van der Waals surface area (Å²) < 4.78 is 6.11. The van der Waals surface area contributed by atoms with Gasteiger partial charge in [0.1, 0.15) is 11.4 Å². The summed E-state index contributed by atoms with van der Waals surface area (Å²) >= 11 is 0. The first kappa shape index (κ1) is 20.2. The van der Waals surface area contributed by atoms with E-state index in [1.54, 1.807) is 6.92 Å². The molecule has 0 atom stereocenters. The number of ketones is 1. The molecule has 0 aromatic heterocycles. The molecule has 0 spiro atoms. The first-order valence-electron chi connectivity index (χ1n) is 10.5. The number of allylic oxidation sites excluding steroid dienone is 1. The van der Waals surface area contributed by atoms with Gasteiger partial charge in [-0.1, -0.05) is 60.7 Å². The van der Waals surface area contributed by atoms with E-state index in [0.29, 0.717) is 0 Å². The molecule has 0 saturated heterocycles. The van der Waals surface area contributed by atoms with Crippen molar-refractivity contribution >= 4 is 16.9 Å². The summed E-state index contributed by atoms with van der Waals surface area (Å²) in [6, 6.07) is 25.1. The summed E-state index contributed by atoms with van der Waals surface area (Å²) in [7, 11) is 0. The number of ether oxygens (including phenoxy) is 1. The maximum Gasteiger partial charge on any atom is 0.159 e. The van der Waals surface area contributed by atoms with Crippen LogP contribution < -0.4 is 4.74 Å². The molecule has 30 heavy (non-hydrogen) atoms. The number of benzene rings is 3. The second-order valence-electron chi connectivity index (χ2n) is 8.89. The van der Waals surface area contributed by atoms with Crippen LogP contribution in [0.5, 0.6) is 5.75 Å². The highest BCUT2D eigenvalue weighted by Gasteiger charge is 2.23. The molecule has 0 amide bonds. The van der Waals surface area contributed by atoms with Gasteiger partial charge in [0.25, 0.3) is 0 Å². The fourth-order valence-electron chi connectivity index (χ4n) is 4.11. The van der Waals surface area contributed by atoms with Gasteiger partial charge >= 0.3 is 0 Å². The first-order chi connectivity index (χ1) is 14.3. The van der Waals surface area contributed by atoms with E-state index in [4.69, 9.17) is 4.74 Å². The van der Waals surface area contributed by atoms with Gasteiger partial charge in [-0.05, 0) is 86.1 Å². The normalized spacial score (nSPS) is 13.7. The third-order valence-electron chi connectivity index (χ3n) is 5.42. The number of fused-ring (bicyclic) bond motifs is 1. The van der Waals surface area contributed by atoms with Gasteiger partial charge in [0.05, 0.1) is 0 Å². The largest absolute Gasteiger partial charge is 0.488 e. The lowest BCUT2D eigenvalue weighted by Gasteiger charge is -2.27. The Kier molecular flexibility index (Phi) is 5.34. The van der Waals surface area contributed by atoms with Crippen LogP contribution in [0.2, 0.25) is 0 Å². The van der Waals surface area contributed by atoms with Gasteiger partial charge in [-0.15, -0.1) is 0 Å². The summed E-state index contributed by atoms with van der Waals surface area (Å²) in [5, 5.41) is 0. The summed E-state index contributed by atoms with van der Waals surface area (Å²) in [5.74, 6) is 1.00. The third kappa shape index (κ3) is 4.23. The van der Waals surface area contributed by atoms with E-state index in [1.165, 1.54) is 27.8 Å². The van der Waals surface area contributed by atoms with Crippen LogP contribution in [-0.2, 0) is 6.42 Å². The predicted molar refractivity (Wildman–Crippen MR) is 124 cm³/mol. The van der Waals surface area contributed by atoms with Gasteiger partial charge in [0.15, 0.2) is 5.78 Å². The quantitative estimate of drug-likeness (QED) is 0.445. The standard InChI is InChI=1S/C28H28O2/c1-19(29)20-10-12-22(13-11-20)27-25(21-8-6-5-7-9-21)16-14-23-18-24(15-17-26(23)27)30-28(2,3)4/h5-13,15,17-18H,14,16H2,1-4H3. The minimum Gasteiger partial charge on any atom is -0.488 e. The minimum absolute atomic E-state index is 0.0897. The summed E-state index contributed by atoms with van der Waals surface area (Å²) in [6.45, 7) is 7.82. The van der Waals surface area contributed by atoms with E-state index < -0.39 is 0 Å². The smallest absolute Gasteiger partial charge is 0.159 e. The molecule has 0 bridgehead atoms. The highest BCUT2D eigenvalue weighted by molar-refractivity contribution is 6.01. The van der Waals surface area contributed by atoms with Crippen molar-refractivity contribution in [3.05, 3.63) is 101 Å². The number of rotatable bonds is 4. The van der Waals surface area contributed by atoms with Gasteiger partial charge in [0, 0.05) is 5.56 Å². The van der Waals surface area contributed by atoms with E-state index in [1.807, 2.05) is 12.1 Å². The fourth-order valence-corrected chi connectivity index (χ4v) is 4.11. The molecule has 3 aromatic rings. The summed E-state index contributed by atoms with van der Waals surface area (Å²) in [4.78, 5) is 11.7. The molecule has 3 aromatic carbocycles. The van der Waals surface area contributed by atoms with E-state index in [-0.39, 0.29) is 11.4 Å².